The van der Waals surface area contributed by atoms with Gasteiger partial charge in [0.05, 0.1) is 0 Å². The number of hydrogen-bond acceptors (Lipinski definition) is 3. The molecule has 0 saturated heterocycles. The molecule has 130 valence electrons. The fraction of sp³-hybridized carbons (Fsp3) is 0.632. The molecule has 1 rings (SSSR count). The van der Waals surface area contributed by atoms with Crippen LogP contribution in [0.1, 0.15) is 51.9 Å². The summed E-state index contributed by atoms with van der Waals surface area (Å²) in [5.74, 6) is 0.00292. The summed E-state index contributed by atoms with van der Waals surface area (Å²) in [6.45, 7) is 16.6. The highest BCUT2D eigenvalue weighted by Gasteiger charge is 2.13. The van der Waals surface area contributed by atoms with Gasteiger partial charge < -0.3 is 10.2 Å². The van der Waals surface area contributed by atoms with Crippen LogP contribution in [0.4, 0.5) is 5.69 Å². The molecule has 1 atom stereocenters. The minimum Gasteiger partial charge on any atom is -0.369 e. The largest absolute Gasteiger partial charge is 0.369 e. The van der Waals surface area contributed by atoms with Gasteiger partial charge in [-0.15, -0.1) is 0 Å². The van der Waals surface area contributed by atoms with E-state index >= 15 is 0 Å². The van der Waals surface area contributed by atoms with E-state index < -0.39 is 0 Å². The van der Waals surface area contributed by atoms with Gasteiger partial charge in [-0.3, -0.25) is 9.69 Å². The van der Waals surface area contributed by atoms with Crippen LogP contribution >= 0.6 is 0 Å². The smallest absolute Gasteiger partial charge is 0.251 e. The van der Waals surface area contributed by atoms with Crippen LogP contribution in [0.25, 0.3) is 0 Å². The van der Waals surface area contributed by atoms with Gasteiger partial charge in [-0.05, 0) is 65.0 Å². The van der Waals surface area contributed by atoms with Gasteiger partial charge in [-0.25, -0.2) is 0 Å². The lowest BCUT2D eigenvalue weighted by molar-refractivity contribution is 0.0938. The SMILES string of the molecule is CCN(CC)C(C)CNC(=O)c1ccc(N(CC)C(C)C)cc1. The molecular formula is C19H33N3O. The van der Waals surface area contributed by atoms with Crippen molar-refractivity contribution < 1.29 is 4.79 Å². The fourth-order valence-electron chi connectivity index (χ4n) is 2.97. The van der Waals surface area contributed by atoms with Crippen molar-refractivity contribution in [1.29, 1.82) is 0 Å². The molecule has 1 aromatic carbocycles. The molecular weight excluding hydrogens is 286 g/mol. The Bertz CT molecular complexity index is 466. The predicted molar refractivity (Wildman–Crippen MR) is 99.3 cm³/mol. The summed E-state index contributed by atoms with van der Waals surface area (Å²) in [5.41, 5.74) is 1.89. The van der Waals surface area contributed by atoms with Crippen molar-refractivity contribution in [2.45, 2.75) is 53.6 Å². The molecule has 23 heavy (non-hydrogen) atoms. The van der Waals surface area contributed by atoms with E-state index in [0.717, 1.165) is 30.9 Å². The van der Waals surface area contributed by atoms with Crippen molar-refractivity contribution >= 4 is 11.6 Å². The highest BCUT2D eigenvalue weighted by Crippen LogP contribution is 2.17. The molecule has 0 heterocycles. The van der Waals surface area contributed by atoms with Gasteiger partial charge in [0.25, 0.3) is 5.91 Å². The first-order valence-electron chi connectivity index (χ1n) is 8.83. The van der Waals surface area contributed by atoms with Crippen LogP contribution in [0.15, 0.2) is 24.3 Å². The van der Waals surface area contributed by atoms with E-state index in [9.17, 15) is 4.79 Å². The number of anilines is 1. The molecule has 0 radical (unpaired) electrons. The monoisotopic (exact) mass is 319 g/mol. The normalized spacial score (nSPS) is 12.5. The number of carbonyl (C=O) groups is 1. The Balaban J connectivity index is 2.64. The van der Waals surface area contributed by atoms with Gasteiger partial charge in [-0.2, -0.15) is 0 Å². The first kappa shape index (κ1) is 19.5. The van der Waals surface area contributed by atoms with E-state index in [0.29, 0.717) is 18.6 Å². The zero-order chi connectivity index (χ0) is 17.4. The van der Waals surface area contributed by atoms with Crippen LogP contribution in [-0.4, -0.2) is 49.1 Å². The second kappa shape index (κ2) is 9.56. The number of rotatable bonds is 9. The Morgan fingerprint density at radius 1 is 1.00 bits per heavy atom. The summed E-state index contributed by atoms with van der Waals surface area (Å²) in [6, 6.07) is 8.70. The van der Waals surface area contributed by atoms with Crippen molar-refractivity contribution in [2.75, 3.05) is 31.1 Å². The second-order valence-electron chi connectivity index (χ2n) is 6.21. The molecule has 1 unspecified atom stereocenters. The lowest BCUT2D eigenvalue weighted by atomic mass is 10.1. The Morgan fingerprint density at radius 2 is 1.57 bits per heavy atom. The van der Waals surface area contributed by atoms with Crippen LogP contribution in [0.2, 0.25) is 0 Å². The Morgan fingerprint density at radius 3 is 2.00 bits per heavy atom. The van der Waals surface area contributed by atoms with Crippen LogP contribution in [-0.2, 0) is 0 Å². The van der Waals surface area contributed by atoms with Crippen molar-refractivity contribution in [3.8, 4) is 0 Å². The van der Waals surface area contributed by atoms with E-state index in [4.69, 9.17) is 0 Å². The lowest BCUT2D eigenvalue weighted by Crippen LogP contribution is -2.42. The maximum absolute atomic E-state index is 12.3. The molecule has 0 spiro atoms. The number of carbonyl (C=O) groups excluding carboxylic acids is 1. The van der Waals surface area contributed by atoms with E-state index in [-0.39, 0.29) is 5.91 Å². The second-order valence-corrected chi connectivity index (χ2v) is 6.21. The molecule has 0 aliphatic carbocycles. The molecule has 4 heteroatoms. The number of nitrogens with one attached hydrogen (secondary N) is 1. The van der Waals surface area contributed by atoms with Gasteiger partial charge in [0, 0.05) is 36.4 Å². The van der Waals surface area contributed by atoms with Crippen LogP contribution in [0.5, 0.6) is 0 Å². The third-order valence-electron chi connectivity index (χ3n) is 4.42. The summed E-state index contributed by atoms with van der Waals surface area (Å²) in [5, 5.41) is 3.04. The van der Waals surface area contributed by atoms with Gasteiger partial charge in [0.1, 0.15) is 0 Å². The zero-order valence-corrected chi connectivity index (χ0v) is 15.6. The first-order chi connectivity index (χ1) is 10.9. The van der Waals surface area contributed by atoms with E-state index in [1.165, 1.54) is 0 Å². The summed E-state index contributed by atoms with van der Waals surface area (Å²) in [6.07, 6.45) is 0. The molecule has 0 aromatic heterocycles. The predicted octanol–water partition coefficient (Wildman–Crippen LogP) is 3.38. The average Bonchev–Trinajstić information content (AvgIpc) is 2.54. The highest BCUT2D eigenvalue weighted by molar-refractivity contribution is 5.94. The number of amides is 1. The van der Waals surface area contributed by atoms with Crippen molar-refractivity contribution in [3.05, 3.63) is 29.8 Å². The van der Waals surface area contributed by atoms with E-state index in [1.54, 1.807) is 0 Å². The molecule has 4 nitrogen and oxygen atoms in total. The summed E-state index contributed by atoms with van der Waals surface area (Å²) < 4.78 is 0. The lowest BCUT2D eigenvalue weighted by Gasteiger charge is -2.28. The minimum atomic E-state index is 0.00292. The van der Waals surface area contributed by atoms with Crippen LogP contribution in [0, 0.1) is 0 Å². The highest BCUT2D eigenvalue weighted by atomic mass is 16.1. The molecule has 0 aliphatic heterocycles. The molecule has 0 aliphatic rings. The summed E-state index contributed by atoms with van der Waals surface area (Å²) in [7, 11) is 0. The Hall–Kier alpha value is -1.55. The van der Waals surface area contributed by atoms with E-state index in [2.05, 4.69) is 56.7 Å². The molecule has 0 saturated carbocycles. The third kappa shape index (κ3) is 5.54. The maximum atomic E-state index is 12.3. The molecule has 0 fully saturated rings. The topological polar surface area (TPSA) is 35.6 Å². The van der Waals surface area contributed by atoms with Crippen molar-refractivity contribution in [2.24, 2.45) is 0 Å². The molecule has 1 N–H and O–H groups in total. The average molecular weight is 319 g/mol. The number of likely N-dealkylation sites (N-methyl/N-ethyl adjacent to an activating group) is 1. The number of nitrogens with zero attached hydrogens (tertiary/aromatic N) is 2. The maximum Gasteiger partial charge on any atom is 0.251 e. The van der Waals surface area contributed by atoms with Crippen molar-refractivity contribution in [1.82, 2.24) is 10.2 Å². The molecule has 1 amide bonds. The van der Waals surface area contributed by atoms with Gasteiger partial charge >= 0.3 is 0 Å². The minimum absolute atomic E-state index is 0.00292. The zero-order valence-electron chi connectivity index (χ0n) is 15.6. The Kier molecular flexibility index (Phi) is 8.10. The molecule has 0 bridgehead atoms. The van der Waals surface area contributed by atoms with Crippen LogP contribution < -0.4 is 10.2 Å². The summed E-state index contributed by atoms with van der Waals surface area (Å²) >= 11 is 0. The number of hydrogen-bond donors (Lipinski definition) is 1. The van der Waals surface area contributed by atoms with Crippen molar-refractivity contribution in [3.63, 3.8) is 0 Å². The van der Waals surface area contributed by atoms with Crippen LogP contribution in [0.3, 0.4) is 0 Å². The Labute approximate surface area is 141 Å². The van der Waals surface area contributed by atoms with E-state index in [1.807, 2.05) is 24.3 Å². The van der Waals surface area contributed by atoms with Gasteiger partial charge in [0.15, 0.2) is 0 Å². The van der Waals surface area contributed by atoms with Gasteiger partial charge in [-0.1, -0.05) is 13.8 Å². The third-order valence-corrected chi connectivity index (χ3v) is 4.42. The number of benzene rings is 1. The quantitative estimate of drug-likeness (QED) is 0.758. The standard InChI is InChI=1S/C19H33N3O/c1-7-21(8-2)16(6)14-20-19(23)17-10-12-18(13-11-17)22(9-3)15(4)5/h10-13,15-16H,7-9,14H2,1-6H3,(H,20,23). The molecule has 1 aromatic rings. The van der Waals surface area contributed by atoms with Gasteiger partial charge in [0.2, 0.25) is 0 Å². The first-order valence-corrected chi connectivity index (χ1v) is 8.83. The fourth-order valence-corrected chi connectivity index (χ4v) is 2.97. The summed E-state index contributed by atoms with van der Waals surface area (Å²) in [4.78, 5) is 16.9.